The van der Waals surface area contributed by atoms with Crippen molar-refractivity contribution in [2.45, 2.75) is 6.10 Å². The van der Waals surface area contributed by atoms with Gasteiger partial charge >= 0.3 is 11.8 Å². The van der Waals surface area contributed by atoms with Gasteiger partial charge in [0, 0.05) is 16.8 Å². The van der Waals surface area contributed by atoms with Crippen LogP contribution in [0.1, 0.15) is 11.7 Å². The Balaban J connectivity index is 2.11. The molecule has 0 saturated heterocycles. The molecule has 6 heteroatoms. The Hall–Kier alpha value is -1.92. The highest BCUT2D eigenvalue weighted by atomic mass is 32.1. The number of nitrogens with one attached hydrogen (secondary N) is 1. The zero-order valence-corrected chi connectivity index (χ0v) is 10.2. The van der Waals surface area contributed by atoms with Crippen molar-refractivity contribution < 1.29 is 14.7 Å². The molecule has 2 rings (SSSR count). The second-order valence-corrected chi connectivity index (χ2v) is 4.69. The summed E-state index contributed by atoms with van der Waals surface area (Å²) in [7, 11) is 0. The van der Waals surface area contributed by atoms with Gasteiger partial charge in [-0.1, -0.05) is 18.2 Å². The van der Waals surface area contributed by atoms with Crippen LogP contribution >= 0.6 is 11.3 Å². The van der Waals surface area contributed by atoms with Crippen LogP contribution in [0, 0.1) is 0 Å². The van der Waals surface area contributed by atoms with Crippen LogP contribution in [0.15, 0.2) is 29.6 Å². The normalized spacial score (nSPS) is 12.3. The number of thiophene rings is 1. The first-order chi connectivity index (χ1) is 8.59. The van der Waals surface area contributed by atoms with Gasteiger partial charge in [0.2, 0.25) is 0 Å². The third-order valence-corrected chi connectivity index (χ3v) is 3.53. The first-order valence-corrected chi connectivity index (χ1v) is 6.19. The minimum atomic E-state index is -1.06. The number of rotatable bonds is 3. The molecule has 0 aliphatic heterocycles. The van der Waals surface area contributed by atoms with E-state index in [-0.39, 0.29) is 6.54 Å². The Labute approximate surface area is 107 Å². The summed E-state index contributed by atoms with van der Waals surface area (Å²) in [6, 6.07) is 7.66. The number of fused-ring (bicyclic) bond motifs is 1. The van der Waals surface area contributed by atoms with Crippen LogP contribution in [0.25, 0.3) is 10.1 Å². The van der Waals surface area contributed by atoms with E-state index < -0.39 is 17.9 Å². The Morgan fingerprint density at radius 3 is 2.83 bits per heavy atom. The average Bonchev–Trinajstić information content (AvgIpc) is 2.79. The lowest BCUT2D eigenvalue weighted by molar-refractivity contribution is -0.137. The summed E-state index contributed by atoms with van der Waals surface area (Å²) in [4.78, 5) is 21.5. The maximum atomic E-state index is 11.0. The highest BCUT2D eigenvalue weighted by Crippen LogP contribution is 2.29. The minimum Gasteiger partial charge on any atom is -0.387 e. The molecule has 18 heavy (non-hydrogen) atoms. The number of carbonyl (C=O) groups excluding carboxylic acids is 2. The van der Waals surface area contributed by atoms with E-state index in [1.54, 1.807) is 0 Å². The van der Waals surface area contributed by atoms with Gasteiger partial charge in [-0.15, -0.1) is 11.3 Å². The van der Waals surface area contributed by atoms with Crippen molar-refractivity contribution in [3.63, 3.8) is 0 Å². The first-order valence-electron chi connectivity index (χ1n) is 5.31. The summed E-state index contributed by atoms with van der Waals surface area (Å²) >= 11 is 1.52. The van der Waals surface area contributed by atoms with E-state index >= 15 is 0 Å². The Morgan fingerprint density at radius 1 is 1.39 bits per heavy atom. The number of hydrogen-bond donors (Lipinski definition) is 3. The molecule has 0 aliphatic rings. The van der Waals surface area contributed by atoms with E-state index in [1.807, 2.05) is 29.6 Å². The number of aliphatic hydroxyl groups excluding tert-OH is 1. The molecule has 1 heterocycles. The Kier molecular flexibility index (Phi) is 3.59. The van der Waals surface area contributed by atoms with Crippen molar-refractivity contribution in [2.24, 2.45) is 5.73 Å². The van der Waals surface area contributed by atoms with Crippen LogP contribution in [0.4, 0.5) is 0 Å². The van der Waals surface area contributed by atoms with Gasteiger partial charge in [0.05, 0.1) is 6.10 Å². The summed E-state index contributed by atoms with van der Waals surface area (Å²) in [6.07, 6.45) is -0.857. The van der Waals surface area contributed by atoms with Crippen molar-refractivity contribution in [2.75, 3.05) is 6.54 Å². The van der Waals surface area contributed by atoms with E-state index in [0.29, 0.717) is 0 Å². The zero-order chi connectivity index (χ0) is 13.1. The molecule has 1 aromatic heterocycles. The van der Waals surface area contributed by atoms with E-state index in [4.69, 9.17) is 5.73 Å². The predicted octanol–water partition coefficient (Wildman–Crippen LogP) is 0.536. The first kappa shape index (κ1) is 12.5. The third kappa shape index (κ3) is 2.49. The summed E-state index contributed by atoms with van der Waals surface area (Å²) in [6.45, 7) is -0.0392. The van der Waals surface area contributed by atoms with E-state index in [2.05, 4.69) is 5.32 Å². The fraction of sp³-hybridized carbons (Fsp3) is 0.167. The number of nitrogens with two attached hydrogens (primary N) is 1. The van der Waals surface area contributed by atoms with E-state index in [9.17, 15) is 14.7 Å². The number of aliphatic hydroxyl groups is 1. The second kappa shape index (κ2) is 5.16. The van der Waals surface area contributed by atoms with Gasteiger partial charge in [-0.3, -0.25) is 9.59 Å². The molecule has 0 spiro atoms. The molecule has 0 saturated carbocycles. The predicted molar refractivity (Wildman–Crippen MR) is 69.0 cm³/mol. The van der Waals surface area contributed by atoms with Crippen LogP contribution < -0.4 is 11.1 Å². The standard InChI is InChI=1S/C12H12N2O3S/c13-11(16)12(17)14-5-9(15)8-6-18-10-4-2-1-3-7(8)10/h1-4,6,9,15H,5H2,(H2,13,16)(H,14,17). The molecule has 0 radical (unpaired) electrons. The van der Waals surface area contributed by atoms with Crippen LogP contribution in [0.2, 0.25) is 0 Å². The molecular weight excluding hydrogens is 252 g/mol. The van der Waals surface area contributed by atoms with Gasteiger partial charge in [-0.2, -0.15) is 0 Å². The molecule has 0 fully saturated rings. The Bertz CT molecular complexity index is 594. The summed E-state index contributed by atoms with van der Waals surface area (Å²) < 4.78 is 1.06. The van der Waals surface area contributed by atoms with Gasteiger partial charge in [0.15, 0.2) is 0 Å². The van der Waals surface area contributed by atoms with Crippen molar-refractivity contribution in [3.8, 4) is 0 Å². The molecule has 5 nitrogen and oxygen atoms in total. The summed E-state index contributed by atoms with van der Waals surface area (Å²) in [5.74, 6) is -1.95. The second-order valence-electron chi connectivity index (χ2n) is 3.78. The van der Waals surface area contributed by atoms with Gasteiger partial charge in [0.25, 0.3) is 0 Å². The molecule has 1 unspecified atom stereocenters. The van der Waals surface area contributed by atoms with Crippen molar-refractivity contribution >= 4 is 33.2 Å². The average molecular weight is 264 g/mol. The number of amides is 2. The third-order valence-electron chi connectivity index (χ3n) is 2.55. The van der Waals surface area contributed by atoms with Crippen molar-refractivity contribution in [1.29, 1.82) is 0 Å². The quantitative estimate of drug-likeness (QED) is 0.706. The minimum absolute atomic E-state index is 0.0392. The molecule has 1 atom stereocenters. The molecule has 2 aromatic rings. The highest BCUT2D eigenvalue weighted by Gasteiger charge is 2.15. The monoisotopic (exact) mass is 264 g/mol. The van der Waals surface area contributed by atoms with Crippen molar-refractivity contribution in [1.82, 2.24) is 5.32 Å². The largest absolute Gasteiger partial charge is 0.387 e. The summed E-state index contributed by atoms with van der Waals surface area (Å²) in [5.41, 5.74) is 5.54. The highest BCUT2D eigenvalue weighted by molar-refractivity contribution is 7.17. The van der Waals surface area contributed by atoms with Gasteiger partial charge in [-0.25, -0.2) is 0 Å². The van der Waals surface area contributed by atoms with Gasteiger partial charge < -0.3 is 16.2 Å². The van der Waals surface area contributed by atoms with Gasteiger partial charge in [0.1, 0.15) is 0 Å². The molecule has 0 bridgehead atoms. The van der Waals surface area contributed by atoms with E-state index in [0.717, 1.165) is 15.6 Å². The van der Waals surface area contributed by atoms with E-state index in [1.165, 1.54) is 11.3 Å². The molecule has 2 amide bonds. The number of primary amides is 1. The molecule has 1 aromatic carbocycles. The number of carbonyl (C=O) groups is 2. The SMILES string of the molecule is NC(=O)C(=O)NCC(O)c1csc2ccccc12. The fourth-order valence-corrected chi connectivity index (χ4v) is 2.65. The van der Waals surface area contributed by atoms with Crippen molar-refractivity contribution in [3.05, 3.63) is 35.2 Å². The maximum absolute atomic E-state index is 11.0. The topological polar surface area (TPSA) is 92.4 Å². The lowest BCUT2D eigenvalue weighted by Gasteiger charge is -2.10. The molecule has 4 N–H and O–H groups in total. The Morgan fingerprint density at radius 2 is 2.11 bits per heavy atom. The number of hydrogen-bond acceptors (Lipinski definition) is 4. The van der Waals surface area contributed by atoms with Crippen LogP contribution in [-0.2, 0) is 9.59 Å². The van der Waals surface area contributed by atoms with Crippen LogP contribution in [0.3, 0.4) is 0 Å². The zero-order valence-electron chi connectivity index (χ0n) is 9.42. The molecular formula is C12H12N2O3S. The molecule has 94 valence electrons. The lowest BCUT2D eigenvalue weighted by atomic mass is 10.1. The van der Waals surface area contributed by atoms with Crippen LogP contribution in [0.5, 0.6) is 0 Å². The summed E-state index contributed by atoms with van der Waals surface area (Å²) in [5, 5.41) is 15.0. The van der Waals surface area contributed by atoms with Gasteiger partial charge in [-0.05, 0) is 16.8 Å². The smallest absolute Gasteiger partial charge is 0.309 e. The maximum Gasteiger partial charge on any atom is 0.309 e. The molecule has 0 aliphatic carbocycles. The lowest BCUT2D eigenvalue weighted by Crippen LogP contribution is -2.38. The fourth-order valence-electron chi connectivity index (χ4n) is 1.64. The number of benzene rings is 1. The van der Waals surface area contributed by atoms with Crippen LogP contribution in [-0.4, -0.2) is 23.5 Å².